The topological polar surface area (TPSA) is 85.7 Å². The summed E-state index contributed by atoms with van der Waals surface area (Å²) in [6.45, 7) is 0.707. The average Bonchev–Trinajstić information content (AvgIpc) is 3.26. The van der Waals surface area contributed by atoms with Crippen molar-refractivity contribution in [3.8, 4) is 17.2 Å². The van der Waals surface area contributed by atoms with Gasteiger partial charge in [0.15, 0.2) is 11.5 Å². The van der Waals surface area contributed by atoms with E-state index in [0.717, 1.165) is 10.2 Å². The lowest BCUT2D eigenvalue weighted by Gasteiger charge is -2.14. The molecule has 24 heavy (non-hydrogen) atoms. The molecule has 0 amide bonds. The van der Waals surface area contributed by atoms with Crippen LogP contribution in [0.2, 0.25) is 0 Å². The number of nitrogens with zero attached hydrogens (tertiary/aromatic N) is 2. The minimum Gasteiger partial charge on any atom is -0.491 e. The lowest BCUT2D eigenvalue weighted by Crippen LogP contribution is -2.26. The summed E-state index contributed by atoms with van der Waals surface area (Å²) in [4.78, 5) is 9.32. The molecule has 7 nitrogen and oxygen atoms in total. The van der Waals surface area contributed by atoms with E-state index in [1.165, 1.54) is 6.33 Å². The molecule has 4 rings (SSSR count). The summed E-state index contributed by atoms with van der Waals surface area (Å²) >= 11 is 1.55. The number of aliphatic hydroxyl groups excluding tert-OH is 1. The second-order valence-corrected chi connectivity index (χ2v) is 6.12. The van der Waals surface area contributed by atoms with E-state index in [1.807, 2.05) is 11.4 Å². The molecular formula is C16H15N3O4S. The molecule has 3 aromatic rings. The van der Waals surface area contributed by atoms with Crippen LogP contribution in [-0.2, 0) is 0 Å². The molecule has 8 heteroatoms. The normalized spacial score (nSPS) is 13.9. The summed E-state index contributed by atoms with van der Waals surface area (Å²) < 4.78 is 16.1. The molecule has 0 unspecified atom stereocenters. The first-order valence-corrected chi connectivity index (χ1v) is 8.30. The summed E-state index contributed by atoms with van der Waals surface area (Å²) in [6, 6.07) is 7.28. The van der Waals surface area contributed by atoms with Crippen LogP contribution in [0, 0.1) is 0 Å². The van der Waals surface area contributed by atoms with Crippen LogP contribution in [0.3, 0.4) is 0 Å². The van der Waals surface area contributed by atoms with Gasteiger partial charge in [-0.1, -0.05) is 0 Å². The maximum atomic E-state index is 10.1. The van der Waals surface area contributed by atoms with Gasteiger partial charge in [0.2, 0.25) is 6.79 Å². The van der Waals surface area contributed by atoms with Gasteiger partial charge in [0.05, 0.1) is 5.39 Å². The fourth-order valence-corrected chi connectivity index (χ4v) is 3.10. The largest absolute Gasteiger partial charge is 0.491 e. The van der Waals surface area contributed by atoms with Crippen molar-refractivity contribution in [2.24, 2.45) is 0 Å². The Balaban J connectivity index is 1.32. The number of hydrogen-bond acceptors (Lipinski definition) is 8. The monoisotopic (exact) mass is 345 g/mol. The van der Waals surface area contributed by atoms with Gasteiger partial charge >= 0.3 is 0 Å². The van der Waals surface area contributed by atoms with E-state index in [0.29, 0.717) is 29.6 Å². The van der Waals surface area contributed by atoms with Gasteiger partial charge in [-0.25, -0.2) is 9.97 Å². The number of thiophene rings is 1. The van der Waals surface area contributed by atoms with Crippen LogP contribution in [-0.4, -0.2) is 41.1 Å². The minimum absolute atomic E-state index is 0.157. The Morgan fingerprint density at radius 3 is 3.12 bits per heavy atom. The molecule has 2 aromatic heterocycles. The molecule has 2 N–H and O–H groups in total. The SMILES string of the molecule is O[C@@H](CNc1ncnc2sccc12)COc1ccc2c(c1)OCO2. The van der Waals surface area contributed by atoms with Crippen molar-refractivity contribution < 1.29 is 19.3 Å². The Kier molecular flexibility index (Phi) is 4.06. The second-order valence-electron chi connectivity index (χ2n) is 5.22. The number of nitrogens with one attached hydrogen (secondary N) is 1. The smallest absolute Gasteiger partial charge is 0.231 e. The highest BCUT2D eigenvalue weighted by atomic mass is 32.1. The number of benzene rings is 1. The standard InChI is InChI=1S/C16H15N3O4S/c20-10(6-17-15-12-3-4-24-16(12)19-8-18-15)7-21-11-1-2-13-14(5-11)23-9-22-13/h1-5,8,10,20H,6-7,9H2,(H,17,18,19)/t10-/m0/s1. The van der Waals surface area contributed by atoms with Crippen LogP contribution in [0.4, 0.5) is 5.82 Å². The zero-order valence-electron chi connectivity index (χ0n) is 12.6. The van der Waals surface area contributed by atoms with E-state index in [-0.39, 0.29) is 13.4 Å². The highest BCUT2D eigenvalue weighted by Gasteiger charge is 2.14. The maximum absolute atomic E-state index is 10.1. The number of aliphatic hydroxyl groups is 1. The highest BCUT2D eigenvalue weighted by molar-refractivity contribution is 7.16. The zero-order valence-corrected chi connectivity index (χ0v) is 13.5. The fraction of sp³-hybridized carbons (Fsp3) is 0.250. The first kappa shape index (κ1) is 15.0. The summed E-state index contributed by atoms with van der Waals surface area (Å²) in [5.41, 5.74) is 0. The Labute approximate surface area is 141 Å². The number of anilines is 1. The van der Waals surface area contributed by atoms with E-state index in [4.69, 9.17) is 14.2 Å². The third-order valence-corrected chi connectivity index (χ3v) is 4.37. The van der Waals surface area contributed by atoms with E-state index >= 15 is 0 Å². The van der Waals surface area contributed by atoms with Crippen LogP contribution in [0.25, 0.3) is 10.2 Å². The van der Waals surface area contributed by atoms with Crippen LogP contribution >= 0.6 is 11.3 Å². The first-order chi connectivity index (χ1) is 11.8. The van der Waals surface area contributed by atoms with Gasteiger partial charge in [-0.2, -0.15) is 0 Å². The lowest BCUT2D eigenvalue weighted by atomic mass is 10.3. The molecule has 0 saturated carbocycles. The van der Waals surface area contributed by atoms with Crippen molar-refractivity contribution >= 4 is 27.4 Å². The van der Waals surface area contributed by atoms with E-state index < -0.39 is 6.10 Å². The van der Waals surface area contributed by atoms with Crippen molar-refractivity contribution in [1.29, 1.82) is 0 Å². The quantitative estimate of drug-likeness (QED) is 0.709. The molecule has 0 spiro atoms. The van der Waals surface area contributed by atoms with Crippen LogP contribution < -0.4 is 19.5 Å². The maximum Gasteiger partial charge on any atom is 0.231 e. The van der Waals surface area contributed by atoms with Crippen LogP contribution in [0.15, 0.2) is 36.0 Å². The molecule has 1 atom stereocenters. The highest BCUT2D eigenvalue weighted by Crippen LogP contribution is 2.35. The van der Waals surface area contributed by atoms with Crippen LogP contribution in [0.1, 0.15) is 0 Å². The molecule has 0 saturated heterocycles. The van der Waals surface area contributed by atoms with Crippen molar-refractivity contribution in [1.82, 2.24) is 9.97 Å². The number of aromatic nitrogens is 2. The molecule has 0 bridgehead atoms. The first-order valence-electron chi connectivity index (χ1n) is 7.42. The van der Waals surface area contributed by atoms with Gasteiger partial charge < -0.3 is 24.6 Å². The molecular weight excluding hydrogens is 330 g/mol. The molecule has 0 fully saturated rings. The van der Waals surface area contributed by atoms with E-state index in [1.54, 1.807) is 29.5 Å². The minimum atomic E-state index is -0.681. The van der Waals surface area contributed by atoms with E-state index in [2.05, 4.69) is 15.3 Å². The van der Waals surface area contributed by atoms with Crippen molar-refractivity contribution in [3.05, 3.63) is 36.0 Å². The number of fused-ring (bicyclic) bond motifs is 2. The predicted octanol–water partition coefficient (Wildman–Crippen LogP) is 2.27. The third-order valence-electron chi connectivity index (χ3n) is 3.55. The Bertz CT molecular complexity index is 854. The van der Waals surface area contributed by atoms with Crippen molar-refractivity contribution in [2.75, 3.05) is 25.3 Å². The summed E-state index contributed by atoms with van der Waals surface area (Å²) in [7, 11) is 0. The number of hydrogen-bond donors (Lipinski definition) is 2. The van der Waals surface area contributed by atoms with Crippen molar-refractivity contribution in [3.63, 3.8) is 0 Å². The summed E-state index contributed by atoms with van der Waals surface area (Å²) in [5.74, 6) is 2.69. The van der Waals surface area contributed by atoms with E-state index in [9.17, 15) is 5.11 Å². The van der Waals surface area contributed by atoms with Gasteiger partial charge in [0.25, 0.3) is 0 Å². The molecule has 0 aliphatic carbocycles. The summed E-state index contributed by atoms with van der Waals surface area (Å²) in [6.07, 6.45) is 0.829. The van der Waals surface area contributed by atoms with Crippen molar-refractivity contribution in [2.45, 2.75) is 6.10 Å². The zero-order chi connectivity index (χ0) is 16.4. The Hall–Kier alpha value is -2.58. The molecule has 0 radical (unpaired) electrons. The number of rotatable bonds is 6. The Morgan fingerprint density at radius 1 is 1.25 bits per heavy atom. The van der Waals surface area contributed by atoms with Gasteiger partial charge in [0, 0.05) is 12.6 Å². The third kappa shape index (κ3) is 3.06. The predicted molar refractivity (Wildman–Crippen MR) is 90.0 cm³/mol. The molecule has 1 aliphatic heterocycles. The molecule has 124 valence electrons. The molecule has 1 aromatic carbocycles. The summed E-state index contributed by atoms with van der Waals surface area (Å²) in [5, 5.41) is 16.1. The fourth-order valence-electron chi connectivity index (χ4n) is 2.36. The molecule has 3 heterocycles. The van der Waals surface area contributed by atoms with Crippen LogP contribution in [0.5, 0.6) is 17.2 Å². The van der Waals surface area contributed by atoms with Gasteiger partial charge in [0.1, 0.15) is 35.4 Å². The Morgan fingerprint density at radius 2 is 2.17 bits per heavy atom. The lowest BCUT2D eigenvalue weighted by molar-refractivity contribution is 0.117. The number of ether oxygens (including phenoxy) is 3. The second kappa shape index (κ2) is 6.50. The average molecular weight is 345 g/mol. The van der Waals surface area contributed by atoms with Gasteiger partial charge in [-0.15, -0.1) is 11.3 Å². The van der Waals surface area contributed by atoms with Gasteiger partial charge in [-0.05, 0) is 23.6 Å². The molecule has 1 aliphatic rings. The van der Waals surface area contributed by atoms with Gasteiger partial charge in [-0.3, -0.25) is 0 Å².